The summed E-state index contributed by atoms with van der Waals surface area (Å²) in [5.74, 6) is 3.24. The molecule has 0 aliphatic heterocycles. The minimum absolute atomic E-state index is 0.177. The lowest BCUT2D eigenvalue weighted by molar-refractivity contribution is -0.174. The molecule has 4 saturated carbocycles. The van der Waals surface area contributed by atoms with Crippen molar-refractivity contribution in [3.63, 3.8) is 0 Å². The lowest BCUT2D eigenvalue weighted by Crippen LogP contribution is -2.58. The molecular weight excluding hydrogens is 458 g/mol. The summed E-state index contributed by atoms with van der Waals surface area (Å²) in [4.78, 5) is 13.2. The Labute approximate surface area is 215 Å². The molecule has 6 heteroatoms. The molecule has 3 N–H and O–H groups in total. The zero-order valence-electron chi connectivity index (χ0n) is 21.7. The van der Waals surface area contributed by atoms with Gasteiger partial charge in [0.05, 0.1) is 12.2 Å². The van der Waals surface area contributed by atoms with E-state index in [4.69, 9.17) is 4.74 Å². The third-order valence-corrected chi connectivity index (χ3v) is 12.1. The summed E-state index contributed by atoms with van der Waals surface area (Å²) in [7, 11) is 0. The minimum atomic E-state index is -0.327. The van der Waals surface area contributed by atoms with Gasteiger partial charge in [0.25, 0.3) is 0 Å². The predicted octanol–water partition coefficient (Wildman–Crippen LogP) is 5.99. The number of thiophene rings is 1. The van der Waals surface area contributed by atoms with Crippen LogP contribution in [0.15, 0.2) is 17.5 Å². The average Bonchev–Trinajstić information content (AvgIpc) is 3.46. The van der Waals surface area contributed by atoms with Crippen LogP contribution in [0.1, 0.15) is 83.4 Å². The number of aliphatic hydroxyl groups is 2. The number of nitrogens with one attached hydrogen (secondary N) is 1. The van der Waals surface area contributed by atoms with Crippen LogP contribution in [0.25, 0.3) is 0 Å². The Bertz CT molecular complexity index is 876. The number of ether oxygens (including phenoxy) is 1. The molecule has 5 rings (SSSR count). The van der Waals surface area contributed by atoms with Crippen LogP contribution in [0, 0.1) is 46.3 Å². The van der Waals surface area contributed by atoms with Gasteiger partial charge in [-0.1, -0.05) is 26.8 Å². The highest BCUT2D eigenvalue weighted by atomic mass is 32.1. The summed E-state index contributed by atoms with van der Waals surface area (Å²) in [5, 5.41) is 26.7. The van der Waals surface area contributed by atoms with Crippen LogP contribution in [0.3, 0.4) is 0 Å². The Kier molecular flexibility index (Phi) is 7.28. The molecule has 196 valence electrons. The van der Waals surface area contributed by atoms with Gasteiger partial charge < -0.3 is 20.3 Å². The summed E-state index contributed by atoms with van der Waals surface area (Å²) < 4.78 is 5.35. The fourth-order valence-corrected chi connectivity index (χ4v) is 9.98. The third kappa shape index (κ3) is 4.68. The molecule has 5 nitrogen and oxygen atoms in total. The SMILES string of the molecule is C[C@H](CCNC(=O)OCc1cccs1)[C@H]1CC[C@H]2[C@@H]3[C@H](O)C[C@@H]4C[C@H](O)CC[C@]4(C)[C@H]3CC[C@]12C. The Morgan fingerprint density at radius 1 is 1.14 bits per heavy atom. The molecule has 0 unspecified atom stereocenters. The summed E-state index contributed by atoms with van der Waals surface area (Å²) in [6, 6.07) is 3.95. The summed E-state index contributed by atoms with van der Waals surface area (Å²) in [6.45, 7) is 8.34. The fraction of sp³-hybridized carbons (Fsp3) is 0.828. The number of fused-ring (bicyclic) bond motifs is 5. The van der Waals surface area contributed by atoms with E-state index in [1.807, 2.05) is 17.5 Å². The van der Waals surface area contributed by atoms with Gasteiger partial charge in [-0.3, -0.25) is 0 Å². The molecule has 1 heterocycles. The van der Waals surface area contributed by atoms with Crippen LogP contribution in [0.2, 0.25) is 0 Å². The Morgan fingerprint density at radius 2 is 1.91 bits per heavy atom. The van der Waals surface area contributed by atoms with Gasteiger partial charge in [0.1, 0.15) is 6.61 Å². The first kappa shape index (κ1) is 25.5. The largest absolute Gasteiger partial charge is 0.444 e. The van der Waals surface area contributed by atoms with E-state index in [9.17, 15) is 15.0 Å². The molecular formula is C29H45NO4S. The van der Waals surface area contributed by atoms with Gasteiger partial charge >= 0.3 is 6.09 Å². The molecule has 1 aromatic rings. The summed E-state index contributed by atoms with van der Waals surface area (Å²) >= 11 is 1.60. The monoisotopic (exact) mass is 503 g/mol. The van der Waals surface area contributed by atoms with E-state index >= 15 is 0 Å². The first-order valence-corrected chi connectivity index (χ1v) is 14.9. The van der Waals surface area contributed by atoms with E-state index in [1.165, 1.54) is 25.7 Å². The van der Waals surface area contributed by atoms with E-state index in [0.29, 0.717) is 48.7 Å². The lowest BCUT2D eigenvalue weighted by Gasteiger charge is -2.62. The van der Waals surface area contributed by atoms with Crippen molar-refractivity contribution in [2.24, 2.45) is 46.3 Å². The van der Waals surface area contributed by atoms with Crippen LogP contribution in [0.5, 0.6) is 0 Å². The molecule has 4 aliphatic rings. The number of alkyl carbamates (subject to hydrolysis) is 1. The first-order valence-electron chi connectivity index (χ1n) is 14.0. The average molecular weight is 504 g/mol. The van der Waals surface area contributed by atoms with Crippen molar-refractivity contribution in [1.82, 2.24) is 5.32 Å². The van der Waals surface area contributed by atoms with Crippen molar-refractivity contribution < 1.29 is 19.7 Å². The lowest BCUT2D eigenvalue weighted by atomic mass is 9.43. The van der Waals surface area contributed by atoms with E-state index in [-0.39, 0.29) is 29.1 Å². The summed E-state index contributed by atoms with van der Waals surface area (Å²) in [5.41, 5.74) is 0.556. The van der Waals surface area contributed by atoms with E-state index < -0.39 is 0 Å². The van der Waals surface area contributed by atoms with E-state index in [1.54, 1.807) is 11.3 Å². The molecule has 1 amide bonds. The van der Waals surface area contributed by atoms with Crippen LogP contribution in [-0.2, 0) is 11.3 Å². The molecule has 0 spiro atoms. The van der Waals surface area contributed by atoms with Gasteiger partial charge in [0, 0.05) is 11.4 Å². The molecule has 0 radical (unpaired) electrons. The zero-order valence-corrected chi connectivity index (χ0v) is 22.6. The number of amides is 1. The van der Waals surface area contributed by atoms with Gasteiger partial charge in [-0.2, -0.15) is 0 Å². The number of hydrogen-bond donors (Lipinski definition) is 3. The Morgan fingerprint density at radius 3 is 2.69 bits per heavy atom. The number of aliphatic hydroxyl groups excluding tert-OH is 2. The highest BCUT2D eigenvalue weighted by Gasteiger charge is 2.62. The van der Waals surface area contributed by atoms with Gasteiger partial charge in [0.15, 0.2) is 0 Å². The number of rotatable bonds is 6. The third-order valence-electron chi connectivity index (χ3n) is 11.2. The normalized spacial score (nSPS) is 43.5. The van der Waals surface area contributed by atoms with Crippen molar-refractivity contribution in [2.45, 2.75) is 97.4 Å². The molecule has 35 heavy (non-hydrogen) atoms. The number of carbonyl (C=O) groups excluding carboxylic acids is 1. The highest BCUT2D eigenvalue weighted by molar-refractivity contribution is 7.09. The molecule has 4 fully saturated rings. The van der Waals surface area contributed by atoms with Gasteiger partial charge in [0.2, 0.25) is 0 Å². The maximum atomic E-state index is 12.1. The van der Waals surface area contributed by atoms with E-state index in [0.717, 1.165) is 37.0 Å². The predicted molar refractivity (Wildman–Crippen MR) is 139 cm³/mol. The van der Waals surface area contributed by atoms with Crippen LogP contribution >= 0.6 is 11.3 Å². The maximum absolute atomic E-state index is 12.1. The molecule has 4 aliphatic carbocycles. The minimum Gasteiger partial charge on any atom is -0.444 e. The quantitative estimate of drug-likeness (QED) is 0.445. The standard InChI is InChI=1S/C29H45NO4S/c1-18(10-13-30-27(33)34-17-21-5-4-14-35-21)22-6-7-23-26-24(9-12-29(22,23)3)28(2)11-8-20(31)15-19(28)16-25(26)32/h4-5,14,18-20,22-26,31-32H,6-13,15-17H2,1-3H3,(H,30,33)/t18-,19+,20-,22-,23+,24+,25-,26+,28+,29-/m1/s1. The second-order valence-electron chi connectivity index (χ2n) is 12.8. The molecule has 10 atom stereocenters. The second kappa shape index (κ2) is 9.98. The van der Waals surface area contributed by atoms with Crippen molar-refractivity contribution in [1.29, 1.82) is 0 Å². The fourth-order valence-electron chi connectivity index (χ4n) is 9.36. The van der Waals surface area contributed by atoms with Crippen LogP contribution < -0.4 is 5.32 Å². The van der Waals surface area contributed by atoms with Crippen LogP contribution in [0.4, 0.5) is 4.79 Å². The van der Waals surface area contributed by atoms with Crippen molar-refractivity contribution in [3.05, 3.63) is 22.4 Å². The summed E-state index contributed by atoms with van der Waals surface area (Å²) in [6.07, 6.45) is 8.97. The molecule has 0 aromatic carbocycles. The topological polar surface area (TPSA) is 78.8 Å². The van der Waals surface area contributed by atoms with Crippen molar-refractivity contribution >= 4 is 17.4 Å². The van der Waals surface area contributed by atoms with Gasteiger partial charge in [-0.15, -0.1) is 11.3 Å². The Hall–Kier alpha value is -1.11. The number of hydrogen-bond acceptors (Lipinski definition) is 5. The van der Waals surface area contributed by atoms with Crippen molar-refractivity contribution in [2.75, 3.05) is 6.54 Å². The van der Waals surface area contributed by atoms with E-state index in [2.05, 4.69) is 26.1 Å². The Balaban J connectivity index is 1.18. The van der Waals surface area contributed by atoms with Crippen molar-refractivity contribution in [3.8, 4) is 0 Å². The zero-order chi connectivity index (χ0) is 24.8. The maximum Gasteiger partial charge on any atom is 0.407 e. The first-order chi connectivity index (χ1) is 16.7. The van der Waals surface area contributed by atoms with Crippen LogP contribution in [-0.4, -0.2) is 35.1 Å². The highest BCUT2D eigenvalue weighted by Crippen LogP contribution is 2.68. The number of carbonyl (C=O) groups is 1. The molecule has 1 aromatic heterocycles. The smallest absolute Gasteiger partial charge is 0.407 e. The second-order valence-corrected chi connectivity index (χ2v) is 13.8. The molecule has 0 bridgehead atoms. The van der Waals surface area contributed by atoms with Gasteiger partial charge in [-0.25, -0.2) is 4.79 Å². The molecule has 0 saturated heterocycles. The van der Waals surface area contributed by atoms with Gasteiger partial charge in [-0.05, 0) is 116 Å².